The Morgan fingerprint density at radius 3 is 2.50 bits per heavy atom. The molecule has 0 aliphatic heterocycles. The molecule has 0 amide bonds. The third-order valence-corrected chi connectivity index (χ3v) is 1.90. The van der Waals surface area contributed by atoms with Crippen LogP contribution in [-0.2, 0) is 33.1 Å². The molecule has 0 bridgehead atoms. The van der Waals surface area contributed by atoms with Crippen molar-refractivity contribution < 1.29 is 31.6 Å². The van der Waals surface area contributed by atoms with Crippen molar-refractivity contribution in [2.75, 3.05) is 6.61 Å². The second kappa shape index (κ2) is 9.82. The largest absolute Gasteiger partial charge is 2.00 e. The monoisotopic (exact) mass is 325 g/mol. The molecule has 1 aromatic rings. The van der Waals surface area contributed by atoms with Crippen LogP contribution < -0.4 is 10.8 Å². The molecular formula is C12H14CuN4O3. The molecule has 1 aromatic carbocycles. The van der Waals surface area contributed by atoms with Gasteiger partial charge in [0.15, 0.2) is 0 Å². The van der Waals surface area contributed by atoms with Crippen LogP contribution in [0.2, 0.25) is 0 Å². The molecule has 0 aromatic heterocycles. The van der Waals surface area contributed by atoms with Gasteiger partial charge in [0.25, 0.3) is 0 Å². The second-order valence-corrected chi connectivity index (χ2v) is 3.34. The molecule has 2 N–H and O–H groups in total. The summed E-state index contributed by atoms with van der Waals surface area (Å²) in [6.45, 7) is 1.97. The molecule has 7 nitrogen and oxygen atoms in total. The molecule has 20 heavy (non-hydrogen) atoms. The molecule has 8 heteroatoms. The van der Waals surface area contributed by atoms with Crippen LogP contribution in [-0.4, -0.2) is 24.7 Å². The summed E-state index contributed by atoms with van der Waals surface area (Å²) in [7, 11) is 0. The van der Waals surface area contributed by atoms with Crippen LogP contribution in [0.1, 0.15) is 12.5 Å². The van der Waals surface area contributed by atoms with Gasteiger partial charge in [0.2, 0.25) is 6.02 Å². The number of guanidine groups is 1. The van der Waals surface area contributed by atoms with Crippen LogP contribution in [0.3, 0.4) is 0 Å². The first-order valence-electron chi connectivity index (χ1n) is 5.57. The molecule has 0 atom stereocenters. The van der Waals surface area contributed by atoms with Gasteiger partial charge >= 0.3 is 17.1 Å². The Labute approximate surface area is 127 Å². The van der Waals surface area contributed by atoms with Gasteiger partial charge in [0.05, 0.1) is 6.08 Å². The number of amidine groups is 1. The first-order valence-corrected chi connectivity index (χ1v) is 5.57. The van der Waals surface area contributed by atoms with E-state index in [0.29, 0.717) is 0 Å². The molecule has 1 rings (SSSR count). The van der Waals surface area contributed by atoms with E-state index in [1.54, 1.807) is 6.92 Å². The first kappa shape index (κ1) is 17.9. The molecule has 0 saturated heterocycles. The maximum atomic E-state index is 10.9. The van der Waals surface area contributed by atoms with E-state index >= 15 is 0 Å². The summed E-state index contributed by atoms with van der Waals surface area (Å²) in [4.78, 5) is 6.52. The molecule has 0 spiro atoms. The number of aliphatic imine (C=N–C) groups is 2. The Morgan fingerprint density at radius 2 is 1.90 bits per heavy atom. The molecule has 1 radical (unpaired) electrons. The zero-order valence-corrected chi connectivity index (χ0v) is 11.7. The van der Waals surface area contributed by atoms with Crippen LogP contribution in [0.15, 0.2) is 40.3 Å². The number of nitrogens with two attached hydrogens (primary N) is 1. The molecule has 0 fully saturated rings. The van der Waals surface area contributed by atoms with Gasteiger partial charge in [-0.15, -0.1) is 0 Å². The van der Waals surface area contributed by atoms with Crippen molar-refractivity contribution in [2.45, 2.75) is 13.5 Å². The van der Waals surface area contributed by atoms with Gasteiger partial charge in [-0.3, -0.25) is 0 Å². The minimum Gasteiger partial charge on any atom is -0.612 e. The number of ether oxygens (including phenoxy) is 2. The number of hydrogen-bond donors (Lipinski definition) is 1. The van der Waals surface area contributed by atoms with Gasteiger partial charge in [-0.05, 0) is 12.2 Å². The number of hydrogen-bond acceptors (Lipinski definition) is 3. The van der Waals surface area contributed by atoms with Crippen molar-refractivity contribution in [3.8, 4) is 0 Å². The number of benzene rings is 1. The standard InChI is InChI=1S/C12H15N4O3.Cu/c1-2-18-12(17)16-10(13)15-11(14)19-8-9-6-4-3-5-7-9;/h3-7H,2,8H2,1H3,(H3-,13,14,15,16,17);/q-1;+2/p-1. The summed E-state index contributed by atoms with van der Waals surface area (Å²) in [6.07, 6.45) is -0.945. The van der Waals surface area contributed by atoms with Crippen molar-refractivity contribution in [3.05, 3.63) is 41.3 Å². The van der Waals surface area contributed by atoms with Gasteiger partial charge in [0.1, 0.15) is 6.61 Å². The van der Waals surface area contributed by atoms with Crippen molar-refractivity contribution >= 4 is 18.1 Å². The average molecular weight is 326 g/mol. The normalized spacial score (nSPS) is 11.4. The fraction of sp³-hybridized carbons (Fsp3) is 0.250. The topological polar surface area (TPSA) is 115 Å². The summed E-state index contributed by atoms with van der Waals surface area (Å²) in [6, 6.07) is 8.98. The maximum Gasteiger partial charge on any atom is 2.00 e. The number of rotatable bonds is 3. The maximum absolute atomic E-state index is 10.9. The minimum atomic E-state index is -0.945. The summed E-state index contributed by atoms with van der Waals surface area (Å²) in [5.41, 5.74) is 6.30. The van der Waals surface area contributed by atoms with E-state index in [2.05, 4.69) is 14.7 Å². The molecule has 0 aliphatic rings. The van der Waals surface area contributed by atoms with Gasteiger partial charge in [-0.25, -0.2) is 0 Å². The molecule has 0 saturated carbocycles. The Bertz CT molecular complexity index is 477. The van der Waals surface area contributed by atoms with Crippen LogP contribution in [0, 0.1) is 0 Å². The molecule has 0 aliphatic carbocycles. The fourth-order valence-electron chi connectivity index (χ4n) is 1.12. The van der Waals surface area contributed by atoms with E-state index < -0.39 is 12.0 Å². The van der Waals surface area contributed by atoms with Gasteiger partial charge in [0, 0.05) is 5.96 Å². The second-order valence-electron chi connectivity index (χ2n) is 3.34. The van der Waals surface area contributed by atoms with E-state index in [0.717, 1.165) is 5.56 Å². The summed E-state index contributed by atoms with van der Waals surface area (Å²) in [5.74, 6) is -0.816. The third kappa shape index (κ3) is 7.40. The predicted octanol–water partition coefficient (Wildman–Crippen LogP) is 0.194. The zero-order chi connectivity index (χ0) is 14.1. The molecule has 111 valence electrons. The SMILES string of the molecule is CCO/C([O-])=N/C(=[N-])/N=C(\N)OCc1ccccc1.[Cu+2]. The van der Waals surface area contributed by atoms with Crippen molar-refractivity contribution in [3.63, 3.8) is 0 Å². The van der Waals surface area contributed by atoms with Gasteiger partial charge in [-0.1, -0.05) is 37.3 Å². The summed E-state index contributed by atoms with van der Waals surface area (Å²) in [5, 5.41) is 20.1. The van der Waals surface area contributed by atoms with Crippen LogP contribution in [0.5, 0.6) is 0 Å². The summed E-state index contributed by atoms with van der Waals surface area (Å²) >= 11 is 0. The first-order chi connectivity index (χ1) is 9.11. The van der Waals surface area contributed by atoms with E-state index in [1.807, 2.05) is 30.3 Å². The molecule has 0 heterocycles. The van der Waals surface area contributed by atoms with Gasteiger partial charge < -0.3 is 35.7 Å². The van der Waals surface area contributed by atoms with E-state index in [1.165, 1.54) is 0 Å². The van der Waals surface area contributed by atoms with Crippen molar-refractivity contribution in [1.82, 2.24) is 0 Å². The Balaban J connectivity index is 0.00000361. The molecule has 0 unspecified atom stereocenters. The minimum absolute atomic E-state index is 0. The van der Waals surface area contributed by atoms with E-state index in [4.69, 9.17) is 10.5 Å². The third-order valence-electron chi connectivity index (χ3n) is 1.90. The van der Waals surface area contributed by atoms with Crippen molar-refractivity contribution in [2.24, 2.45) is 15.7 Å². The van der Waals surface area contributed by atoms with E-state index in [9.17, 15) is 10.5 Å². The zero-order valence-electron chi connectivity index (χ0n) is 10.7. The van der Waals surface area contributed by atoms with Crippen LogP contribution in [0.4, 0.5) is 0 Å². The van der Waals surface area contributed by atoms with Crippen LogP contribution in [0.25, 0.3) is 5.41 Å². The summed E-state index contributed by atoms with van der Waals surface area (Å²) < 4.78 is 9.56. The quantitative estimate of drug-likeness (QED) is 0.485. The predicted molar refractivity (Wildman–Crippen MR) is 70.3 cm³/mol. The smallest absolute Gasteiger partial charge is 0.612 e. The van der Waals surface area contributed by atoms with Gasteiger partial charge in [-0.2, -0.15) is 0 Å². The molecular weight excluding hydrogens is 312 g/mol. The Kier molecular flexibility index (Phi) is 8.82. The van der Waals surface area contributed by atoms with Crippen molar-refractivity contribution in [1.29, 1.82) is 0 Å². The number of nitrogens with zero attached hydrogens (tertiary/aromatic N) is 3. The van der Waals surface area contributed by atoms with E-state index in [-0.39, 0.29) is 36.3 Å². The fourth-order valence-corrected chi connectivity index (χ4v) is 1.12. The van der Waals surface area contributed by atoms with Crippen LogP contribution >= 0.6 is 0 Å². The Morgan fingerprint density at radius 1 is 1.25 bits per heavy atom. The Hall–Kier alpha value is -2.05. The average Bonchev–Trinajstić information content (AvgIpc) is 2.37.